The normalized spacial score (nSPS) is 11.6. The van der Waals surface area contributed by atoms with E-state index >= 15 is 0 Å². The highest BCUT2D eigenvalue weighted by molar-refractivity contribution is 9.10. The molecule has 0 amide bonds. The van der Waals surface area contributed by atoms with Crippen molar-refractivity contribution in [2.24, 2.45) is 0 Å². The van der Waals surface area contributed by atoms with Crippen molar-refractivity contribution in [2.45, 2.75) is 39.8 Å². The summed E-state index contributed by atoms with van der Waals surface area (Å²) < 4.78 is 2.96. The Labute approximate surface area is 122 Å². The summed E-state index contributed by atoms with van der Waals surface area (Å²) in [5, 5.41) is 11.7. The lowest BCUT2D eigenvalue weighted by Crippen LogP contribution is -2.22. The summed E-state index contributed by atoms with van der Waals surface area (Å²) in [4.78, 5) is 0. The van der Waals surface area contributed by atoms with Crippen molar-refractivity contribution >= 4 is 21.6 Å². The molecule has 1 aromatic carbocycles. The fraction of sp³-hybridized carbons (Fsp3) is 0.429. The lowest BCUT2D eigenvalue weighted by Gasteiger charge is -2.17. The Morgan fingerprint density at radius 2 is 2.05 bits per heavy atom. The van der Waals surface area contributed by atoms with Crippen LogP contribution >= 0.6 is 15.9 Å². The fourth-order valence-corrected chi connectivity index (χ4v) is 2.04. The summed E-state index contributed by atoms with van der Waals surface area (Å²) in [5.74, 6) is 0. The molecule has 0 saturated heterocycles. The van der Waals surface area contributed by atoms with E-state index in [0.29, 0.717) is 6.54 Å². The Morgan fingerprint density at radius 3 is 2.68 bits per heavy atom. The van der Waals surface area contributed by atoms with Gasteiger partial charge in [-0.1, -0.05) is 27.2 Å². The molecule has 0 radical (unpaired) electrons. The van der Waals surface area contributed by atoms with E-state index in [1.54, 1.807) is 0 Å². The molecule has 0 aliphatic heterocycles. The summed E-state index contributed by atoms with van der Waals surface area (Å²) >= 11 is 3.48. The lowest BCUT2D eigenvalue weighted by molar-refractivity contribution is 0.347. The Bertz CT molecular complexity index is 569. The number of aromatic nitrogens is 3. The summed E-state index contributed by atoms with van der Waals surface area (Å²) in [6.45, 7) is 9.08. The van der Waals surface area contributed by atoms with E-state index < -0.39 is 0 Å². The van der Waals surface area contributed by atoms with Crippen molar-refractivity contribution in [1.29, 1.82) is 0 Å². The molecule has 0 aliphatic carbocycles. The first-order valence-electron chi connectivity index (χ1n) is 6.28. The van der Waals surface area contributed by atoms with Gasteiger partial charge in [-0.15, -0.1) is 5.10 Å². The Hall–Kier alpha value is -1.36. The minimum absolute atomic E-state index is 0.0308. The zero-order chi connectivity index (χ0) is 14.0. The molecule has 0 saturated carbocycles. The molecule has 0 fully saturated rings. The monoisotopic (exact) mass is 322 g/mol. The minimum Gasteiger partial charge on any atom is -0.379 e. The zero-order valence-electron chi connectivity index (χ0n) is 11.7. The molecule has 0 atom stereocenters. The SMILES string of the molecule is Cc1ccc(Br)cc1NCc1cn(C(C)(C)C)nn1. The second-order valence-electron chi connectivity index (χ2n) is 5.64. The lowest BCUT2D eigenvalue weighted by atomic mass is 10.1. The van der Waals surface area contributed by atoms with Gasteiger partial charge in [-0.25, -0.2) is 4.68 Å². The van der Waals surface area contributed by atoms with Crippen molar-refractivity contribution in [3.63, 3.8) is 0 Å². The van der Waals surface area contributed by atoms with Gasteiger partial charge in [-0.3, -0.25) is 0 Å². The van der Waals surface area contributed by atoms with Crippen LogP contribution in [0.4, 0.5) is 5.69 Å². The van der Waals surface area contributed by atoms with Crippen LogP contribution < -0.4 is 5.32 Å². The number of aryl methyl sites for hydroxylation is 1. The van der Waals surface area contributed by atoms with E-state index in [9.17, 15) is 0 Å². The number of nitrogens with one attached hydrogen (secondary N) is 1. The minimum atomic E-state index is -0.0308. The number of rotatable bonds is 3. The van der Waals surface area contributed by atoms with Gasteiger partial charge in [0.2, 0.25) is 0 Å². The molecule has 2 rings (SSSR count). The third-order valence-electron chi connectivity index (χ3n) is 2.89. The topological polar surface area (TPSA) is 42.7 Å². The van der Waals surface area contributed by atoms with Crippen LogP contribution in [0.3, 0.4) is 0 Å². The average molecular weight is 323 g/mol. The fourth-order valence-electron chi connectivity index (χ4n) is 1.68. The predicted octanol–water partition coefficient (Wildman–Crippen LogP) is 3.72. The third-order valence-corrected chi connectivity index (χ3v) is 3.38. The molecule has 2 aromatic rings. The summed E-state index contributed by atoms with van der Waals surface area (Å²) in [5.41, 5.74) is 3.23. The first-order chi connectivity index (χ1) is 8.86. The Kier molecular flexibility index (Phi) is 3.94. The molecule has 1 heterocycles. The number of halogens is 1. The van der Waals surface area contributed by atoms with Crippen LogP contribution in [0.1, 0.15) is 32.0 Å². The standard InChI is InChI=1S/C14H19BrN4/c1-10-5-6-11(15)7-13(10)16-8-12-9-19(18-17-12)14(2,3)4/h5-7,9,16H,8H2,1-4H3. The highest BCUT2D eigenvalue weighted by atomic mass is 79.9. The number of nitrogens with zero attached hydrogens (tertiary/aromatic N) is 3. The van der Waals surface area contributed by atoms with Crippen molar-refractivity contribution in [1.82, 2.24) is 15.0 Å². The van der Waals surface area contributed by atoms with Crippen LogP contribution in [0.5, 0.6) is 0 Å². The van der Waals surface area contributed by atoms with Crippen LogP contribution in [0.25, 0.3) is 0 Å². The third kappa shape index (κ3) is 3.56. The van der Waals surface area contributed by atoms with Crippen molar-refractivity contribution in [3.05, 3.63) is 40.1 Å². The summed E-state index contributed by atoms with van der Waals surface area (Å²) in [7, 11) is 0. The van der Waals surface area contributed by atoms with E-state index in [-0.39, 0.29) is 5.54 Å². The quantitative estimate of drug-likeness (QED) is 0.936. The smallest absolute Gasteiger partial charge is 0.102 e. The molecule has 0 aliphatic rings. The van der Waals surface area contributed by atoms with E-state index in [4.69, 9.17) is 0 Å². The van der Waals surface area contributed by atoms with Crippen molar-refractivity contribution in [3.8, 4) is 0 Å². The van der Waals surface area contributed by atoms with Crippen LogP contribution in [0, 0.1) is 6.92 Å². The first kappa shape index (κ1) is 14.1. The molecule has 1 N–H and O–H groups in total. The number of anilines is 1. The summed E-state index contributed by atoms with van der Waals surface area (Å²) in [6, 6.07) is 6.19. The second-order valence-corrected chi connectivity index (χ2v) is 6.55. The second kappa shape index (κ2) is 5.33. The van der Waals surface area contributed by atoms with E-state index in [1.807, 2.05) is 16.9 Å². The van der Waals surface area contributed by atoms with Gasteiger partial charge in [-0.2, -0.15) is 0 Å². The number of benzene rings is 1. The van der Waals surface area contributed by atoms with Crippen LogP contribution in [-0.4, -0.2) is 15.0 Å². The maximum absolute atomic E-state index is 4.19. The molecule has 0 bridgehead atoms. The zero-order valence-corrected chi connectivity index (χ0v) is 13.3. The first-order valence-corrected chi connectivity index (χ1v) is 7.07. The number of hydrogen-bond donors (Lipinski definition) is 1. The molecular weight excluding hydrogens is 304 g/mol. The van der Waals surface area contributed by atoms with E-state index in [2.05, 4.69) is 71.4 Å². The molecule has 0 spiro atoms. The van der Waals surface area contributed by atoms with E-state index in [0.717, 1.165) is 15.9 Å². The average Bonchev–Trinajstić information content (AvgIpc) is 2.79. The van der Waals surface area contributed by atoms with Gasteiger partial charge < -0.3 is 5.32 Å². The summed E-state index contributed by atoms with van der Waals surface area (Å²) in [6.07, 6.45) is 1.99. The van der Waals surface area contributed by atoms with Crippen LogP contribution in [0.15, 0.2) is 28.9 Å². The maximum atomic E-state index is 4.19. The molecule has 0 unspecified atom stereocenters. The van der Waals surface area contributed by atoms with Gasteiger partial charge >= 0.3 is 0 Å². The van der Waals surface area contributed by atoms with Gasteiger partial charge in [0.25, 0.3) is 0 Å². The Balaban J connectivity index is 2.06. The Morgan fingerprint density at radius 1 is 1.32 bits per heavy atom. The molecular formula is C14H19BrN4. The van der Waals surface area contributed by atoms with Crippen molar-refractivity contribution < 1.29 is 0 Å². The number of hydrogen-bond acceptors (Lipinski definition) is 3. The molecule has 19 heavy (non-hydrogen) atoms. The van der Waals surface area contributed by atoms with Gasteiger partial charge in [0, 0.05) is 10.2 Å². The van der Waals surface area contributed by atoms with Gasteiger partial charge in [0.15, 0.2) is 0 Å². The van der Waals surface area contributed by atoms with Gasteiger partial charge in [0.1, 0.15) is 5.69 Å². The van der Waals surface area contributed by atoms with E-state index in [1.165, 1.54) is 5.56 Å². The largest absolute Gasteiger partial charge is 0.379 e. The highest BCUT2D eigenvalue weighted by Gasteiger charge is 2.14. The maximum Gasteiger partial charge on any atom is 0.102 e. The van der Waals surface area contributed by atoms with Crippen LogP contribution in [0.2, 0.25) is 0 Å². The molecule has 1 aromatic heterocycles. The molecule has 102 valence electrons. The molecule has 4 nitrogen and oxygen atoms in total. The van der Waals surface area contributed by atoms with Gasteiger partial charge in [0.05, 0.1) is 18.3 Å². The predicted molar refractivity (Wildman–Crippen MR) is 81.2 cm³/mol. The van der Waals surface area contributed by atoms with Gasteiger partial charge in [-0.05, 0) is 45.4 Å². The van der Waals surface area contributed by atoms with Crippen LogP contribution in [-0.2, 0) is 12.1 Å². The van der Waals surface area contributed by atoms with Crippen molar-refractivity contribution in [2.75, 3.05) is 5.32 Å². The highest BCUT2D eigenvalue weighted by Crippen LogP contribution is 2.21. The molecule has 5 heteroatoms.